The summed E-state index contributed by atoms with van der Waals surface area (Å²) in [7, 11) is -2.45. The lowest BCUT2D eigenvalue weighted by Gasteiger charge is -2.47. The van der Waals surface area contributed by atoms with Gasteiger partial charge in [0.2, 0.25) is 0 Å². The van der Waals surface area contributed by atoms with E-state index in [9.17, 15) is 0 Å². The van der Waals surface area contributed by atoms with Gasteiger partial charge in [-0.25, -0.2) is 0 Å². The van der Waals surface area contributed by atoms with Crippen LogP contribution < -0.4 is 4.65 Å². The molecule has 3 heteroatoms. The molecular weight excluding hydrogens is 202 g/mol. The van der Waals surface area contributed by atoms with Crippen LogP contribution in [0, 0.1) is 5.92 Å². The molecule has 0 aromatic rings. The fourth-order valence-electron chi connectivity index (χ4n) is 1.82. The van der Waals surface area contributed by atoms with Crippen molar-refractivity contribution in [1.29, 1.82) is 0 Å². The molecule has 0 aromatic heterocycles. The first-order valence-corrected chi connectivity index (χ1v) is 12.2. The maximum Gasteiger partial charge on any atom is 0.118 e. The maximum atomic E-state index is 3.99. The molecule has 0 aliphatic heterocycles. The third-order valence-corrected chi connectivity index (χ3v) is 13.0. The molecular formula is C11H29NSi2. The molecule has 0 atom stereocenters. The third kappa shape index (κ3) is 3.52. The minimum atomic E-state index is -1.32. The summed E-state index contributed by atoms with van der Waals surface area (Å²) in [4.78, 5) is 0. The number of rotatable bonds is 4. The zero-order valence-corrected chi connectivity index (χ0v) is 13.6. The van der Waals surface area contributed by atoms with Gasteiger partial charge in [0, 0.05) is 0 Å². The van der Waals surface area contributed by atoms with E-state index in [0.717, 1.165) is 5.92 Å². The Morgan fingerprint density at radius 2 is 1.29 bits per heavy atom. The van der Waals surface area contributed by atoms with Crippen LogP contribution in [0.3, 0.4) is 0 Å². The van der Waals surface area contributed by atoms with Crippen molar-refractivity contribution in [3.05, 3.63) is 0 Å². The Bertz CT molecular complexity index is 190. The normalized spacial score (nSPS) is 15.0. The third-order valence-electron chi connectivity index (χ3n) is 3.74. The first kappa shape index (κ1) is 14.4. The van der Waals surface area contributed by atoms with Crippen LogP contribution in [0.15, 0.2) is 0 Å². The van der Waals surface area contributed by atoms with E-state index >= 15 is 0 Å². The summed E-state index contributed by atoms with van der Waals surface area (Å²) in [5.74, 6) is 0.757. The van der Waals surface area contributed by atoms with Crippen molar-refractivity contribution in [2.45, 2.75) is 65.5 Å². The highest BCUT2D eigenvalue weighted by molar-refractivity contribution is 6.92. The molecule has 1 nitrogen and oxygen atoms in total. The van der Waals surface area contributed by atoms with Gasteiger partial charge in [0.25, 0.3) is 0 Å². The molecule has 0 aliphatic rings. The van der Waals surface area contributed by atoms with Crippen LogP contribution in [-0.4, -0.2) is 16.5 Å². The monoisotopic (exact) mass is 231 g/mol. The summed E-state index contributed by atoms with van der Waals surface area (Å²) in [5, 5.41) is 0.466. The summed E-state index contributed by atoms with van der Waals surface area (Å²) in [6.45, 7) is 21.7. The van der Waals surface area contributed by atoms with Crippen LogP contribution in [0.5, 0.6) is 0 Å². The molecule has 1 N–H and O–H groups in total. The van der Waals surface area contributed by atoms with Crippen LogP contribution >= 0.6 is 0 Å². The predicted molar refractivity (Wildman–Crippen MR) is 72.8 cm³/mol. The Hall–Kier alpha value is 0.394. The van der Waals surface area contributed by atoms with Gasteiger partial charge < -0.3 is 4.65 Å². The molecule has 0 amide bonds. The van der Waals surface area contributed by atoms with Crippen LogP contribution in [-0.2, 0) is 0 Å². The van der Waals surface area contributed by atoms with Crippen LogP contribution in [0.2, 0.25) is 37.8 Å². The lowest BCUT2D eigenvalue weighted by molar-refractivity contribution is 0.454. The van der Waals surface area contributed by atoms with E-state index < -0.39 is 16.5 Å². The molecule has 0 rings (SSSR count). The Kier molecular flexibility index (Phi) is 4.22. The van der Waals surface area contributed by atoms with Gasteiger partial charge in [-0.1, -0.05) is 60.4 Å². The SMILES string of the molecule is CC(C)C(C)(C)[Si](C)(C)N[Si](C)(C)C. The van der Waals surface area contributed by atoms with Crippen LogP contribution in [0.1, 0.15) is 27.7 Å². The Morgan fingerprint density at radius 3 is 1.50 bits per heavy atom. The molecule has 0 spiro atoms. The zero-order valence-electron chi connectivity index (χ0n) is 11.6. The first-order valence-electron chi connectivity index (χ1n) is 5.69. The molecule has 0 heterocycles. The number of hydrogen-bond donors (Lipinski definition) is 1. The van der Waals surface area contributed by atoms with Gasteiger partial charge in [-0.15, -0.1) is 0 Å². The van der Waals surface area contributed by atoms with Crippen molar-refractivity contribution < 1.29 is 0 Å². The topological polar surface area (TPSA) is 12.0 Å². The van der Waals surface area contributed by atoms with Crippen molar-refractivity contribution >= 4 is 16.5 Å². The second kappa shape index (κ2) is 4.10. The molecule has 0 radical (unpaired) electrons. The number of nitrogens with one attached hydrogen (secondary N) is 1. The lowest BCUT2D eigenvalue weighted by Crippen LogP contribution is -2.63. The molecule has 0 saturated carbocycles. The van der Waals surface area contributed by atoms with E-state index in [0.29, 0.717) is 5.04 Å². The van der Waals surface area contributed by atoms with Gasteiger partial charge in [-0.2, -0.15) is 0 Å². The van der Waals surface area contributed by atoms with Gasteiger partial charge in [0.05, 0.1) is 0 Å². The highest BCUT2D eigenvalue weighted by Crippen LogP contribution is 2.42. The maximum absolute atomic E-state index is 3.99. The van der Waals surface area contributed by atoms with E-state index in [1.165, 1.54) is 0 Å². The van der Waals surface area contributed by atoms with Gasteiger partial charge in [-0.3, -0.25) is 0 Å². The number of hydrogen-bond acceptors (Lipinski definition) is 1. The zero-order chi connectivity index (χ0) is 11.8. The molecule has 0 fully saturated rings. The van der Waals surface area contributed by atoms with Crippen molar-refractivity contribution in [3.8, 4) is 0 Å². The molecule has 0 unspecified atom stereocenters. The lowest BCUT2D eigenvalue weighted by atomic mass is 9.99. The highest BCUT2D eigenvalue weighted by Gasteiger charge is 2.43. The fraction of sp³-hybridized carbons (Fsp3) is 1.00. The summed E-state index contributed by atoms with van der Waals surface area (Å²) >= 11 is 0. The standard InChI is InChI=1S/C11H29NSi2/c1-10(2)11(3,4)14(8,9)12-13(5,6)7/h10,12H,1-9H3. The van der Waals surface area contributed by atoms with E-state index in [1.807, 2.05) is 0 Å². The Labute approximate surface area is 92.9 Å². The van der Waals surface area contributed by atoms with E-state index in [4.69, 9.17) is 0 Å². The van der Waals surface area contributed by atoms with Gasteiger partial charge in [0.15, 0.2) is 0 Å². The average molecular weight is 232 g/mol. The Balaban J connectivity index is 4.78. The summed E-state index contributed by atoms with van der Waals surface area (Å²) in [6.07, 6.45) is 0. The molecule has 86 valence electrons. The summed E-state index contributed by atoms with van der Waals surface area (Å²) < 4.78 is 3.99. The van der Waals surface area contributed by atoms with Gasteiger partial charge in [0.1, 0.15) is 16.5 Å². The van der Waals surface area contributed by atoms with E-state index in [2.05, 4.69) is 65.1 Å². The van der Waals surface area contributed by atoms with Crippen molar-refractivity contribution in [1.82, 2.24) is 4.65 Å². The minimum Gasteiger partial charge on any atom is -0.359 e. The fourth-order valence-corrected chi connectivity index (χ4v) is 12.1. The van der Waals surface area contributed by atoms with Gasteiger partial charge in [-0.05, 0) is 11.0 Å². The van der Waals surface area contributed by atoms with Crippen LogP contribution in [0.25, 0.3) is 0 Å². The molecule has 0 aromatic carbocycles. The second-order valence-corrected chi connectivity index (χ2v) is 16.9. The quantitative estimate of drug-likeness (QED) is 0.720. The second-order valence-electron chi connectivity index (χ2n) is 6.88. The van der Waals surface area contributed by atoms with Crippen molar-refractivity contribution in [3.63, 3.8) is 0 Å². The smallest absolute Gasteiger partial charge is 0.118 e. The van der Waals surface area contributed by atoms with Crippen LogP contribution in [0.4, 0.5) is 0 Å². The van der Waals surface area contributed by atoms with Gasteiger partial charge >= 0.3 is 0 Å². The summed E-state index contributed by atoms with van der Waals surface area (Å²) in [5.41, 5.74) is 0. The molecule has 0 bridgehead atoms. The summed E-state index contributed by atoms with van der Waals surface area (Å²) in [6, 6.07) is 0. The predicted octanol–water partition coefficient (Wildman–Crippen LogP) is 4.05. The highest BCUT2D eigenvalue weighted by atomic mass is 28.4. The molecule has 0 saturated heterocycles. The van der Waals surface area contributed by atoms with E-state index in [-0.39, 0.29) is 0 Å². The van der Waals surface area contributed by atoms with Crippen molar-refractivity contribution in [2.24, 2.45) is 5.92 Å². The first-order chi connectivity index (χ1) is 5.90. The average Bonchev–Trinajstić information content (AvgIpc) is 1.80. The Morgan fingerprint density at radius 1 is 0.929 bits per heavy atom. The van der Waals surface area contributed by atoms with E-state index in [1.54, 1.807) is 0 Å². The molecule has 14 heavy (non-hydrogen) atoms. The van der Waals surface area contributed by atoms with Crippen molar-refractivity contribution in [2.75, 3.05) is 0 Å². The minimum absolute atomic E-state index is 0.466. The molecule has 0 aliphatic carbocycles. The largest absolute Gasteiger partial charge is 0.359 e.